The molecule has 1 aliphatic carbocycles. The number of carbonyl (C=O) groups is 1. The van der Waals surface area contributed by atoms with E-state index in [0.717, 1.165) is 42.8 Å². The monoisotopic (exact) mass is 417 g/mol. The zero-order chi connectivity index (χ0) is 20.3. The maximum absolute atomic E-state index is 13.0. The lowest BCUT2D eigenvalue weighted by Crippen LogP contribution is -2.57. The Kier molecular flexibility index (Phi) is 6.47. The number of nitrogens with two attached hydrogens (primary N) is 1. The van der Waals surface area contributed by atoms with Crippen LogP contribution < -0.4 is 11.1 Å². The first-order valence-corrected chi connectivity index (χ1v) is 11.4. The zero-order valence-electron chi connectivity index (χ0n) is 17.1. The Labute approximate surface area is 177 Å². The van der Waals surface area contributed by atoms with E-state index in [9.17, 15) is 4.79 Å². The van der Waals surface area contributed by atoms with Crippen LogP contribution in [0.1, 0.15) is 61.7 Å². The number of nitrogens with zero attached hydrogens (tertiary/aromatic N) is 1. The number of halogens is 1. The van der Waals surface area contributed by atoms with E-state index in [1.54, 1.807) is 0 Å². The fourth-order valence-corrected chi connectivity index (χ4v) is 4.93. The summed E-state index contributed by atoms with van der Waals surface area (Å²) in [6.07, 6.45) is 11.8. The van der Waals surface area contributed by atoms with E-state index in [1.165, 1.54) is 38.5 Å². The number of benzene rings is 1. The molecule has 158 valence electrons. The second-order valence-electron chi connectivity index (χ2n) is 8.88. The maximum Gasteiger partial charge on any atom is 0.253 e. The average Bonchev–Trinajstić information content (AvgIpc) is 2.87. The lowest BCUT2D eigenvalue weighted by atomic mass is 9.95. The van der Waals surface area contributed by atoms with E-state index in [4.69, 9.17) is 22.1 Å². The maximum atomic E-state index is 13.0. The van der Waals surface area contributed by atoms with Crippen LogP contribution in [0.4, 0.5) is 0 Å². The molecule has 0 bridgehead atoms. The molecule has 3 N–H and O–H groups in total. The van der Waals surface area contributed by atoms with Gasteiger partial charge in [0.25, 0.3) is 5.91 Å². The van der Waals surface area contributed by atoms with Crippen LogP contribution in [0.15, 0.2) is 24.4 Å². The highest BCUT2D eigenvalue weighted by Crippen LogP contribution is 2.30. The topological polar surface area (TPSA) is 69.3 Å². The number of ether oxygens (including phenoxy) is 1. The summed E-state index contributed by atoms with van der Waals surface area (Å²) in [5.74, 6) is 0.707. The summed E-state index contributed by atoms with van der Waals surface area (Å²) >= 11 is 6.48. The van der Waals surface area contributed by atoms with Gasteiger partial charge in [-0.25, -0.2) is 0 Å². The van der Waals surface area contributed by atoms with Crippen molar-refractivity contribution < 1.29 is 9.53 Å². The third-order valence-corrected chi connectivity index (χ3v) is 6.86. The van der Waals surface area contributed by atoms with Crippen LogP contribution >= 0.6 is 11.6 Å². The SMILES string of the molecule is NC1(CCn2cc(C(=O)NCCC3CCCCCC3)c3c(Cl)cccc32)COC1. The minimum atomic E-state index is -0.254. The number of fused-ring (bicyclic) bond motifs is 1. The van der Waals surface area contributed by atoms with E-state index in [0.29, 0.717) is 23.8 Å². The summed E-state index contributed by atoms with van der Waals surface area (Å²) in [5.41, 5.74) is 7.68. The molecule has 1 amide bonds. The van der Waals surface area contributed by atoms with Gasteiger partial charge in [0.05, 0.1) is 34.9 Å². The second kappa shape index (κ2) is 9.07. The van der Waals surface area contributed by atoms with Crippen LogP contribution in [0, 0.1) is 5.92 Å². The predicted molar refractivity (Wildman–Crippen MR) is 117 cm³/mol. The standard InChI is InChI=1S/C23H32ClN3O2/c24-19-8-5-9-20-21(19)18(14-27(20)13-11-23(25)15-29-16-23)22(28)26-12-10-17-6-3-1-2-4-7-17/h5,8-9,14,17H,1-4,6-7,10-13,15-16,25H2,(H,26,28). The number of hydrogen-bond donors (Lipinski definition) is 2. The summed E-state index contributed by atoms with van der Waals surface area (Å²) in [4.78, 5) is 13.0. The number of hydrogen-bond acceptors (Lipinski definition) is 3. The van der Waals surface area contributed by atoms with E-state index >= 15 is 0 Å². The van der Waals surface area contributed by atoms with Gasteiger partial charge in [0.2, 0.25) is 0 Å². The van der Waals surface area contributed by atoms with Crippen molar-refractivity contribution in [2.24, 2.45) is 11.7 Å². The number of aromatic nitrogens is 1. The Morgan fingerprint density at radius 3 is 2.69 bits per heavy atom. The fourth-order valence-electron chi connectivity index (χ4n) is 4.66. The lowest BCUT2D eigenvalue weighted by Gasteiger charge is -2.37. The first-order valence-electron chi connectivity index (χ1n) is 11.0. The molecule has 1 aromatic heterocycles. The van der Waals surface area contributed by atoms with E-state index < -0.39 is 0 Å². The summed E-state index contributed by atoms with van der Waals surface area (Å²) in [6, 6.07) is 5.80. The lowest BCUT2D eigenvalue weighted by molar-refractivity contribution is -0.0588. The third-order valence-electron chi connectivity index (χ3n) is 6.54. The average molecular weight is 418 g/mol. The highest BCUT2D eigenvalue weighted by molar-refractivity contribution is 6.36. The van der Waals surface area contributed by atoms with Crippen LogP contribution in [-0.4, -0.2) is 35.8 Å². The Balaban J connectivity index is 1.44. The van der Waals surface area contributed by atoms with Crippen molar-refractivity contribution in [1.82, 2.24) is 9.88 Å². The molecule has 5 nitrogen and oxygen atoms in total. The minimum absolute atomic E-state index is 0.0371. The van der Waals surface area contributed by atoms with Gasteiger partial charge >= 0.3 is 0 Å². The largest absolute Gasteiger partial charge is 0.377 e. The van der Waals surface area contributed by atoms with E-state index in [-0.39, 0.29) is 11.4 Å². The molecule has 2 aromatic rings. The first-order chi connectivity index (χ1) is 14.1. The number of carbonyl (C=O) groups excluding carboxylic acids is 1. The molecule has 1 aromatic carbocycles. The molecular weight excluding hydrogens is 386 g/mol. The number of nitrogens with one attached hydrogen (secondary N) is 1. The second-order valence-corrected chi connectivity index (χ2v) is 9.28. The van der Waals surface area contributed by atoms with Crippen LogP contribution in [-0.2, 0) is 11.3 Å². The molecular formula is C23H32ClN3O2. The van der Waals surface area contributed by atoms with Gasteiger partial charge in [-0.1, -0.05) is 56.2 Å². The molecule has 1 saturated heterocycles. The Hall–Kier alpha value is -1.56. The highest BCUT2D eigenvalue weighted by atomic mass is 35.5. The molecule has 6 heteroatoms. The van der Waals surface area contributed by atoms with Gasteiger partial charge < -0.3 is 20.4 Å². The van der Waals surface area contributed by atoms with E-state index in [1.807, 2.05) is 24.4 Å². The van der Waals surface area contributed by atoms with Gasteiger partial charge in [0.15, 0.2) is 0 Å². The molecule has 0 unspecified atom stereocenters. The molecule has 1 aliphatic heterocycles. The van der Waals surface area contributed by atoms with Crippen LogP contribution in [0.3, 0.4) is 0 Å². The molecule has 0 radical (unpaired) electrons. The summed E-state index contributed by atoms with van der Waals surface area (Å²) in [6.45, 7) is 2.67. The molecule has 4 rings (SSSR count). The van der Waals surface area contributed by atoms with Gasteiger partial charge in [-0.05, 0) is 30.9 Å². The molecule has 2 aliphatic rings. The van der Waals surface area contributed by atoms with Crippen molar-refractivity contribution >= 4 is 28.4 Å². The Morgan fingerprint density at radius 1 is 1.24 bits per heavy atom. The van der Waals surface area contributed by atoms with Crippen LogP contribution in [0.2, 0.25) is 5.02 Å². The normalized spacial score (nSPS) is 19.7. The predicted octanol–water partition coefficient (Wildman–Crippen LogP) is 4.50. The van der Waals surface area contributed by atoms with Crippen molar-refractivity contribution in [2.75, 3.05) is 19.8 Å². The Morgan fingerprint density at radius 2 is 2.00 bits per heavy atom. The quantitative estimate of drug-likeness (QED) is 0.651. The van der Waals surface area contributed by atoms with Crippen LogP contribution in [0.5, 0.6) is 0 Å². The summed E-state index contributed by atoms with van der Waals surface area (Å²) in [5, 5.41) is 4.58. The molecule has 2 fully saturated rings. The number of amides is 1. The van der Waals surface area contributed by atoms with Crippen molar-refractivity contribution in [3.8, 4) is 0 Å². The van der Waals surface area contributed by atoms with Gasteiger partial charge in [-0.2, -0.15) is 0 Å². The first kappa shape index (κ1) is 20.7. The number of rotatable bonds is 7. The smallest absolute Gasteiger partial charge is 0.253 e. The van der Waals surface area contributed by atoms with Crippen molar-refractivity contribution in [3.05, 3.63) is 35.0 Å². The summed E-state index contributed by atoms with van der Waals surface area (Å²) in [7, 11) is 0. The fraction of sp³-hybridized carbons (Fsp3) is 0.609. The van der Waals surface area contributed by atoms with E-state index in [2.05, 4.69) is 9.88 Å². The van der Waals surface area contributed by atoms with Crippen LogP contribution in [0.25, 0.3) is 10.9 Å². The highest BCUT2D eigenvalue weighted by Gasteiger charge is 2.33. The third kappa shape index (κ3) is 4.79. The zero-order valence-corrected chi connectivity index (χ0v) is 17.8. The minimum Gasteiger partial charge on any atom is -0.377 e. The van der Waals surface area contributed by atoms with Gasteiger partial charge in [-0.3, -0.25) is 4.79 Å². The number of aryl methyl sites for hydroxylation is 1. The summed E-state index contributed by atoms with van der Waals surface area (Å²) < 4.78 is 7.36. The van der Waals surface area contributed by atoms with Gasteiger partial charge in [-0.15, -0.1) is 0 Å². The molecule has 1 saturated carbocycles. The van der Waals surface area contributed by atoms with Gasteiger partial charge in [0, 0.05) is 24.7 Å². The van der Waals surface area contributed by atoms with Crippen molar-refractivity contribution in [3.63, 3.8) is 0 Å². The molecule has 2 heterocycles. The molecule has 0 spiro atoms. The van der Waals surface area contributed by atoms with Gasteiger partial charge in [0.1, 0.15) is 0 Å². The molecule has 0 atom stereocenters. The van der Waals surface area contributed by atoms with Crippen molar-refractivity contribution in [2.45, 2.75) is 63.5 Å². The van der Waals surface area contributed by atoms with Crippen molar-refractivity contribution in [1.29, 1.82) is 0 Å². The Bertz CT molecular complexity index is 851. The molecule has 29 heavy (non-hydrogen) atoms.